The summed E-state index contributed by atoms with van der Waals surface area (Å²) in [7, 11) is 0. The minimum absolute atomic E-state index is 0.712. The predicted octanol–water partition coefficient (Wildman–Crippen LogP) is 2.46. The van der Waals surface area contributed by atoms with Gasteiger partial charge in [-0.05, 0) is 44.7 Å². The van der Waals surface area contributed by atoms with Gasteiger partial charge in [0.25, 0.3) is 0 Å². The van der Waals surface area contributed by atoms with Gasteiger partial charge < -0.3 is 5.32 Å². The molecule has 13 heavy (non-hydrogen) atoms. The average molecular weight is 180 g/mol. The SMILES string of the molecule is N#CCCCCNCCCC1CC1. The van der Waals surface area contributed by atoms with Crippen molar-refractivity contribution in [3.8, 4) is 6.07 Å². The summed E-state index contributed by atoms with van der Waals surface area (Å²) in [6.07, 6.45) is 8.62. The van der Waals surface area contributed by atoms with E-state index in [-0.39, 0.29) is 0 Å². The second-order valence-electron chi connectivity index (χ2n) is 3.95. The van der Waals surface area contributed by atoms with Crippen molar-refractivity contribution in [3.05, 3.63) is 0 Å². The van der Waals surface area contributed by atoms with E-state index in [2.05, 4.69) is 11.4 Å². The van der Waals surface area contributed by atoms with Gasteiger partial charge >= 0.3 is 0 Å². The van der Waals surface area contributed by atoms with Crippen LogP contribution >= 0.6 is 0 Å². The van der Waals surface area contributed by atoms with Crippen molar-refractivity contribution in [3.63, 3.8) is 0 Å². The summed E-state index contributed by atoms with van der Waals surface area (Å²) in [6.45, 7) is 2.26. The fourth-order valence-corrected chi connectivity index (χ4v) is 1.50. The maximum Gasteiger partial charge on any atom is 0.0621 e. The molecule has 2 nitrogen and oxygen atoms in total. The van der Waals surface area contributed by atoms with Crippen LogP contribution in [0.25, 0.3) is 0 Å². The average Bonchev–Trinajstić information content (AvgIpc) is 2.93. The molecule has 1 saturated carbocycles. The summed E-state index contributed by atoms with van der Waals surface area (Å²) in [4.78, 5) is 0. The lowest BCUT2D eigenvalue weighted by molar-refractivity contribution is 0.574. The molecule has 1 N–H and O–H groups in total. The number of nitrogens with zero attached hydrogens (tertiary/aromatic N) is 1. The van der Waals surface area contributed by atoms with Gasteiger partial charge in [0.15, 0.2) is 0 Å². The molecule has 0 heterocycles. The molecule has 2 heteroatoms. The quantitative estimate of drug-likeness (QED) is 0.582. The van der Waals surface area contributed by atoms with Gasteiger partial charge in [-0.1, -0.05) is 12.8 Å². The van der Waals surface area contributed by atoms with Crippen molar-refractivity contribution in [1.29, 1.82) is 5.26 Å². The minimum Gasteiger partial charge on any atom is -0.317 e. The summed E-state index contributed by atoms with van der Waals surface area (Å²) in [6, 6.07) is 2.17. The van der Waals surface area contributed by atoms with Crippen LogP contribution in [0, 0.1) is 17.2 Å². The van der Waals surface area contributed by atoms with Crippen molar-refractivity contribution in [2.24, 2.45) is 5.92 Å². The Hall–Kier alpha value is -0.550. The molecule has 0 amide bonds. The molecule has 1 aliphatic carbocycles. The molecule has 0 unspecified atom stereocenters. The number of nitriles is 1. The van der Waals surface area contributed by atoms with Crippen molar-refractivity contribution in [2.75, 3.05) is 13.1 Å². The van der Waals surface area contributed by atoms with Crippen LogP contribution < -0.4 is 5.32 Å². The summed E-state index contributed by atoms with van der Waals surface area (Å²) >= 11 is 0. The molecule has 1 fully saturated rings. The Morgan fingerprint density at radius 1 is 1.15 bits per heavy atom. The smallest absolute Gasteiger partial charge is 0.0621 e. The summed E-state index contributed by atoms with van der Waals surface area (Å²) in [5.41, 5.74) is 0. The molecule has 0 aromatic rings. The maximum absolute atomic E-state index is 8.30. The molecule has 0 aromatic heterocycles. The Kier molecular flexibility index (Phi) is 5.60. The van der Waals surface area contributed by atoms with Crippen molar-refractivity contribution < 1.29 is 0 Å². The Morgan fingerprint density at radius 2 is 1.92 bits per heavy atom. The molecule has 0 bridgehead atoms. The molecule has 74 valence electrons. The molecular formula is C11H20N2. The van der Waals surface area contributed by atoms with Crippen LogP contribution in [0.1, 0.15) is 44.9 Å². The van der Waals surface area contributed by atoms with Gasteiger partial charge in [0.05, 0.1) is 6.07 Å². The molecule has 0 spiro atoms. The normalized spacial score (nSPS) is 15.6. The topological polar surface area (TPSA) is 35.8 Å². The molecule has 0 aliphatic heterocycles. The predicted molar refractivity (Wildman–Crippen MR) is 54.3 cm³/mol. The van der Waals surface area contributed by atoms with E-state index in [9.17, 15) is 0 Å². The fourth-order valence-electron chi connectivity index (χ4n) is 1.50. The molecule has 1 rings (SSSR count). The standard InChI is InChI=1S/C11H20N2/c12-8-2-1-3-9-13-10-4-5-11-6-7-11/h11,13H,1-7,9-10H2. The second-order valence-corrected chi connectivity index (χ2v) is 3.95. The van der Waals surface area contributed by atoms with E-state index < -0.39 is 0 Å². The Bertz CT molecular complexity index is 156. The van der Waals surface area contributed by atoms with Gasteiger partial charge in [-0.2, -0.15) is 5.26 Å². The lowest BCUT2D eigenvalue weighted by atomic mass is 10.2. The highest BCUT2D eigenvalue weighted by Crippen LogP contribution is 2.33. The first-order valence-electron chi connectivity index (χ1n) is 5.51. The van der Waals surface area contributed by atoms with Gasteiger partial charge in [0, 0.05) is 6.42 Å². The van der Waals surface area contributed by atoms with E-state index in [1.165, 1.54) is 32.2 Å². The lowest BCUT2D eigenvalue weighted by Gasteiger charge is -2.02. The van der Waals surface area contributed by atoms with Crippen LogP contribution in [0.3, 0.4) is 0 Å². The number of nitrogens with one attached hydrogen (secondary N) is 1. The first-order valence-corrected chi connectivity index (χ1v) is 5.51. The Balaban J connectivity index is 1.66. The largest absolute Gasteiger partial charge is 0.317 e. The second kappa shape index (κ2) is 6.91. The van der Waals surface area contributed by atoms with Crippen LogP contribution in [-0.2, 0) is 0 Å². The van der Waals surface area contributed by atoms with Crippen molar-refractivity contribution >= 4 is 0 Å². The van der Waals surface area contributed by atoms with Crippen LogP contribution in [0.2, 0.25) is 0 Å². The molecule has 0 radical (unpaired) electrons. The zero-order valence-corrected chi connectivity index (χ0v) is 8.39. The van der Waals surface area contributed by atoms with Gasteiger partial charge in [-0.3, -0.25) is 0 Å². The number of hydrogen-bond donors (Lipinski definition) is 1. The van der Waals surface area contributed by atoms with Gasteiger partial charge in [-0.25, -0.2) is 0 Å². The van der Waals surface area contributed by atoms with Gasteiger partial charge in [-0.15, -0.1) is 0 Å². The maximum atomic E-state index is 8.30. The Labute approximate surface area is 81.3 Å². The van der Waals surface area contributed by atoms with Crippen molar-refractivity contribution in [2.45, 2.75) is 44.9 Å². The molecule has 1 aliphatic rings. The van der Waals surface area contributed by atoms with E-state index >= 15 is 0 Å². The third-order valence-electron chi connectivity index (χ3n) is 2.55. The highest BCUT2D eigenvalue weighted by Gasteiger charge is 2.19. The summed E-state index contributed by atoms with van der Waals surface area (Å²) in [5.74, 6) is 1.07. The Morgan fingerprint density at radius 3 is 2.62 bits per heavy atom. The minimum atomic E-state index is 0.712. The number of rotatable bonds is 8. The summed E-state index contributed by atoms with van der Waals surface area (Å²) in [5, 5.41) is 11.7. The van der Waals surface area contributed by atoms with Gasteiger partial charge in [0.2, 0.25) is 0 Å². The first-order chi connectivity index (χ1) is 6.43. The van der Waals surface area contributed by atoms with Crippen LogP contribution in [0.5, 0.6) is 0 Å². The highest BCUT2D eigenvalue weighted by molar-refractivity contribution is 4.73. The van der Waals surface area contributed by atoms with Crippen molar-refractivity contribution in [1.82, 2.24) is 5.32 Å². The zero-order valence-electron chi connectivity index (χ0n) is 8.39. The molecule has 0 saturated heterocycles. The number of unbranched alkanes of at least 4 members (excludes halogenated alkanes) is 2. The lowest BCUT2D eigenvalue weighted by Crippen LogP contribution is -2.16. The fraction of sp³-hybridized carbons (Fsp3) is 0.909. The van der Waals surface area contributed by atoms with Crippen LogP contribution in [-0.4, -0.2) is 13.1 Å². The van der Waals surface area contributed by atoms with Crippen LogP contribution in [0.4, 0.5) is 0 Å². The van der Waals surface area contributed by atoms with Gasteiger partial charge in [0.1, 0.15) is 0 Å². The van der Waals surface area contributed by atoms with E-state index in [0.717, 1.165) is 25.3 Å². The molecule has 0 atom stereocenters. The van der Waals surface area contributed by atoms with E-state index in [1.807, 2.05) is 0 Å². The van der Waals surface area contributed by atoms with E-state index in [0.29, 0.717) is 6.42 Å². The first kappa shape index (κ1) is 10.5. The molecular weight excluding hydrogens is 160 g/mol. The van der Waals surface area contributed by atoms with Crippen LogP contribution in [0.15, 0.2) is 0 Å². The zero-order chi connectivity index (χ0) is 9.36. The van der Waals surface area contributed by atoms with E-state index in [4.69, 9.17) is 5.26 Å². The number of hydrogen-bond acceptors (Lipinski definition) is 2. The molecule has 0 aromatic carbocycles. The monoisotopic (exact) mass is 180 g/mol. The summed E-state index contributed by atoms with van der Waals surface area (Å²) < 4.78 is 0. The third-order valence-corrected chi connectivity index (χ3v) is 2.55. The third kappa shape index (κ3) is 6.60. The highest BCUT2D eigenvalue weighted by atomic mass is 14.8. The van der Waals surface area contributed by atoms with E-state index in [1.54, 1.807) is 0 Å².